The van der Waals surface area contributed by atoms with Gasteiger partial charge >= 0.3 is 0 Å². The molecule has 0 rings (SSSR count). The zero-order chi connectivity index (χ0) is 12.1. The van der Waals surface area contributed by atoms with Gasteiger partial charge in [-0.1, -0.05) is 37.8 Å². The monoisotopic (exact) mass is 230 g/mol. The summed E-state index contributed by atoms with van der Waals surface area (Å²) in [7, 11) is 0. The Bertz CT molecular complexity index is 207. The molecule has 0 bridgehead atoms. The van der Waals surface area contributed by atoms with Crippen LogP contribution in [0.4, 0.5) is 0 Å². The van der Waals surface area contributed by atoms with E-state index < -0.39 is 0 Å². The first-order valence-electron chi connectivity index (χ1n) is 6.06. The highest BCUT2D eigenvalue weighted by Gasteiger charge is 2.20. The van der Waals surface area contributed by atoms with Gasteiger partial charge in [0, 0.05) is 5.38 Å². The van der Waals surface area contributed by atoms with Crippen molar-refractivity contribution in [2.75, 3.05) is 0 Å². The predicted octanol–water partition coefficient (Wildman–Crippen LogP) is 5.56. The SMILES string of the molecule is CC(C)=C(C)C(C)(C)CCCCC(C)Cl. The van der Waals surface area contributed by atoms with Crippen LogP contribution in [0.2, 0.25) is 0 Å². The molecule has 0 spiro atoms. The van der Waals surface area contributed by atoms with Crippen LogP contribution in [0.3, 0.4) is 0 Å². The summed E-state index contributed by atoms with van der Waals surface area (Å²) in [4.78, 5) is 0. The summed E-state index contributed by atoms with van der Waals surface area (Å²) in [5.74, 6) is 0. The third kappa shape index (κ3) is 6.25. The molecule has 0 nitrogen and oxygen atoms in total. The first-order valence-corrected chi connectivity index (χ1v) is 6.49. The second-order valence-electron chi connectivity index (χ2n) is 5.54. The molecule has 0 aromatic rings. The molecule has 0 aromatic carbocycles. The molecular formula is C14H27Cl. The van der Waals surface area contributed by atoms with Crippen LogP contribution in [0.15, 0.2) is 11.1 Å². The van der Waals surface area contributed by atoms with E-state index in [1.165, 1.54) is 24.8 Å². The summed E-state index contributed by atoms with van der Waals surface area (Å²) in [6.07, 6.45) is 4.96. The van der Waals surface area contributed by atoms with Crippen molar-refractivity contribution in [3.8, 4) is 0 Å². The Morgan fingerprint density at radius 2 is 1.67 bits per heavy atom. The van der Waals surface area contributed by atoms with Crippen molar-refractivity contribution >= 4 is 11.6 Å². The van der Waals surface area contributed by atoms with Crippen LogP contribution in [0.1, 0.15) is 67.2 Å². The van der Waals surface area contributed by atoms with Crippen molar-refractivity contribution in [1.82, 2.24) is 0 Å². The molecule has 0 aromatic heterocycles. The second kappa shape index (κ2) is 6.58. The minimum absolute atomic E-state index is 0.331. The Morgan fingerprint density at radius 3 is 2.07 bits per heavy atom. The number of hydrogen-bond acceptors (Lipinski definition) is 0. The molecule has 0 aliphatic rings. The molecule has 1 heteroatoms. The summed E-state index contributed by atoms with van der Waals surface area (Å²) in [5, 5.41) is 0.331. The van der Waals surface area contributed by atoms with Crippen LogP contribution in [-0.2, 0) is 0 Å². The van der Waals surface area contributed by atoms with E-state index >= 15 is 0 Å². The lowest BCUT2D eigenvalue weighted by Crippen LogP contribution is -2.14. The molecule has 1 unspecified atom stereocenters. The zero-order valence-electron chi connectivity index (χ0n) is 11.3. The van der Waals surface area contributed by atoms with Crippen LogP contribution >= 0.6 is 11.6 Å². The highest BCUT2D eigenvalue weighted by molar-refractivity contribution is 6.20. The Hall–Kier alpha value is 0.0300. The summed E-state index contributed by atoms with van der Waals surface area (Å²) >= 11 is 5.93. The number of unbranched alkanes of at least 4 members (excludes halogenated alkanes) is 1. The average molecular weight is 231 g/mol. The summed E-state index contributed by atoms with van der Waals surface area (Å²) in [6, 6.07) is 0. The van der Waals surface area contributed by atoms with Crippen molar-refractivity contribution in [2.24, 2.45) is 5.41 Å². The van der Waals surface area contributed by atoms with Gasteiger partial charge < -0.3 is 0 Å². The minimum Gasteiger partial charge on any atom is -0.123 e. The normalized spacial score (nSPS) is 13.8. The van der Waals surface area contributed by atoms with Crippen LogP contribution < -0.4 is 0 Å². The standard InChI is InChI=1S/C14H27Cl/c1-11(2)13(4)14(5,6)10-8-7-9-12(3)15/h12H,7-10H2,1-6H3. The topological polar surface area (TPSA) is 0 Å². The van der Waals surface area contributed by atoms with Gasteiger partial charge in [0.15, 0.2) is 0 Å². The summed E-state index contributed by atoms with van der Waals surface area (Å²) in [6.45, 7) is 13.4. The molecular weight excluding hydrogens is 204 g/mol. The number of hydrogen-bond donors (Lipinski definition) is 0. The second-order valence-corrected chi connectivity index (χ2v) is 6.28. The molecule has 0 saturated carbocycles. The molecule has 0 aliphatic carbocycles. The lowest BCUT2D eigenvalue weighted by molar-refractivity contribution is 0.382. The smallest absolute Gasteiger partial charge is 0.0307 e. The van der Waals surface area contributed by atoms with Gasteiger partial charge in [0.05, 0.1) is 0 Å². The average Bonchev–Trinajstić information content (AvgIpc) is 2.10. The fraction of sp³-hybridized carbons (Fsp3) is 0.857. The first kappa shape index (κ1) is 15.0. The van der Waals surface area contributed by atoms with Gasteiger partial charge in [0.1, 0.15) is 0 Å². The number of allylic oxidation sites excluding steroid dienone is 2. The molecule has 1 atom stereocenters. The van der Waals surface area contributed by atoms with Crippen molar-refractivity contribution in [2.45, 2.75) is 72.6 Å². The van der Waals surface area contributed by atoms with Gasteiger partial charge in [-0.25, -0.2) is 0 Å². The van der Waals surface area contributed by atoms with Gasteiger partial charge in [-0.05, 0) is 46.0 Å². The maximum atomic E-state index is 5.93. The van der Waals surface area contributed by atoms with Crippen molar-refractivity contribution < 1.29 is 0 Å². The fourth-order valence-electron chi connectivity index (χ4n) is 1.86. The van der Waals surface area contributed by atoms with Gasteiger partial charge in [-0.3, -0.25) is 0 Å². The molecule has 0 fully saturated rings. The van der Waals surface area contributed by atoms with Gasteiger partial charge in [-0.2, -0.15) is 0 Å². The maximum Gasteiger partial charge on any atom is 0.0307 e. The Balaban J connectivity index is 4.00. The third-order valence-corrected chi connectivity index (χ3v) is 3.64. The molecule has 0 saturated heterocycles. The number of alkyl halides is 1. The van der Waals surface area contributed by atoms with E-state index in [-0.39, 0.29) is 0 Å². The summed E-state index contributed by atoms with van der Waals surface area (Å²) in [5.41, 5.74) is 3.36. The van der Waals surface area contributed by atoms with Crippen molar-refractivity contribution in [1.29, 1.82) is 0 Å². The van der Waals surface area contributed by atoms with E-state index in [4.69, 9.17) is 11.6 Å². The molecule has 15 heavy (non-hydrogen) atoms. The van der Waals surface area contributed by atoms with Crippen LogP contribution in [0.5, 0.6) is 0 Å². The van der Waals surface area contributed by atoms with Crippen LogP contribution in [-0.4, -0.2) is 5.38 Å². The van der Waals surface area contributed by atoms with E-state index in [1.54, 1.807) is 5.57 Å². The van der Waals surface area contributed by atoms with E-state index in [0.29, 0.717) is 10.8 Å². The predicted molar refractivity (Wildman–Crippen MR) is 71.6 cm³/mol. The largest absolute Gasteiger partial charge is 0.123 e. The Kier molecular flexibility index (Phi) is 6.59. The van der Waals surface area contributed by atoms with Crippen LogP contribution in [0.25, 0.3) is 0 Å². The lowest BCUT2D eigenvalue weighted by Gasteiger charge is -2.27. The maximum absolute atomic E-state index is 5.93. The van der Waals surface area contributed by atoms with Crippen molar-refractivity contribution in [3.63, 3.8) is 0 Å². The fourth-order valence-corrected chi connectivity index (χ4v) is 2.01. The number of rotatable bonds is 6. The molecule has 0 heterocycles. The lowest BCUT2D eigenvalue weighted by atomic mass is 9.78. The minimum atomic E-state index is 0.331. The van der Waals surface area contributed by atoms with E-state index in [0.717, 1.165) is 6.42 Å². The summed E-state index contributed by atoms with van der Waals surface area (Å²) < 4.78 is 0. The van der Waals surface area contributed by atoms with Crippen molar-refractivity contribution in [3.05, 3.63) is 11.1 Å². The van der Waals surface area contributed by atoms with Gasteiger partial charge in [-0.15, -0.1) is 11.6 Å². The molecule has 0 amide bonds. The van der Waals surface area contributed by atoms with E-state index in [2.05, 4.69) is 41.5 Å². The van der Waals surface area contributed by atoms with Crippen LogP contribution in [0, 0.1) is 5.41 Å². The third-order valence-electron chi connectivity index (χ3n) is 3.42. The molecule has 0 N–H and O–H groups in total. The van der Waals surface area contributed by atoms with Gasteiger partial charge in [0.25, 0.3) is 0 Å². The zero-order valence-corrected chi connectivity index (χ0v) is 12.0. The highest BCUT2D eigenvalue weighted by atomic mass is 35.5. The van der Waals surface area contributed by atoms with E-state index in [9.17, 15) is 0 Å². The Labute approximate surface area is 101 Å². The van der Waals surface area contributed by atoms with Gasteiger partial charge in [0.2, 0.25) is 0 Å². The first-order chi connectivity index (χ1) is 6.77. The quantitative estimate of drug-likeness (QED) is 0.319. The molecule has 0 aliphatic heterocycles. The number of halogens is 1. The van der Waals surface area contributed by atoms with E-state index in [1.807, 2.05) is 0 Å². The highest BCUT2D eigenvalue weighted by Crippen LogP contribution is 2.34. The molecule has 0 radical (unpaired) electrons. The Morgan fingerprint density at radius 1 is 1.13 bits per heavy atom. The molecule has 90 valence electrons.